The van der Waals surface area contributed by atoms with Crippen molar-refractivity contribution in [1.82, 2.24) is 9.80 Å². The number of carbonyl (C=O) groups is 6. The van der Waals surface area contributed by atoms with E-state index < -0.39 is 197 Å². The zero-order chi connectivity index (χ0) is 64.1. The minimum absolute atomic E-state index is 0.0703. The zero-order valence-electron chi connectivity index (χ0n) is 48.1. The van der Waals surface area contributed by atoms with Crippen LogP contribution in [-0.2, 0) is 47.7 Å². The molecule has 0 unspecified atom stereocenters. The predicted octanol–water partition coefficient (Wildman–Crippen LogP) is -1.36. The largest absolute Gasteiger partial charge is 0.481 e. The van der Waals surface area contributed by atoms with Gasteiger partial charge in [-0.3, -0.25) is 38.6 Å². The lowest BCUT2D eigenvalue weighted by Gasteiger charge is -2.45. The van der Waals surface area contributed by atoms with Crippen molar-refractivity contribution in [3.63, 3.8) is 0 Å². The van der Waals surface area contributed by atoms with E-state index in [1.165, 1.54) is 13.0 Å². The van der Waals surface area contributed by atoms with Crippen LogP contribution in [0.25, 0.3) is 0 Å². The lowest BCUT2D eigenvalue weighted by atomic mass is 9.82. The van der Waals surface area contributed by atoms with E-state index in [2.05, 4.69) is 0 Å². The molecule has 85 heavy (non-hydrogen) atoms. The molecule has 0 saturated carbocycles. The Bertz CT molecular complexity index is 2230. The fourth-order valence-corrected chi connectivity index (χ4v) is 9.45. The highest BCUT2D eigenvalue weighted by atomic mass is 16.7. The van der Waals surface area contributed by atoms with Gasteiger partial charge < -0.3 is 101 Å². The third-order valence-corrected chi connectivity index (χ3v) is 14.2. The number of allylic oxidation sites excluding steroid dienone is 12. The lowest BCUT2D eigenvalue weighted by molar-refractivity contribution is -0.308. The number of fused-ring (bicyclic) bond motifs is 2. The molecule has 3 aliphatic heterocycles. The first-order valence-electron chi connectivity index (χ1n) is 27.8. The molecule has 0 spiro atoms. The highest BCUT2D eigenvalue weighted by Gasteiger charge is 2.51. The molecule has 2 bridgehead atoms. The van der Waals surface area contributed by atoms with Crippen LogP contribution in [0, 0.1) is 17.8 Å². The number of carbonyl (C=O) groups excluding carboxylic acids is 1. The zero-order valence-corrected chi connectivity index (χ0v) is 48.1. The quantitative estimate of drug-likeness (QED) is 0.0893. The topological polar surface area (TPSA) is 475 Å². The molecule has 0 aromatic carbocycles. The van der Waals surface area contributed by atoms with E-state index in [-0.39, 0.29) is 44.7 Å². The van der Waals surface area contributed by atoms with Crippen molar-refractivity contribution in [2.75, 3.05) is 39.3 Å². The van der Waals surface area contributed by atoms with Crippen LogP contribution in [0.4, 0.5) is 0 Å². The third-order valence-electron chi connectivity index (χ3n) is 14.2. The number of ether oxygens (including phenoxy) is 4. The van der Waals surface area contributed by atoms with Crippen LogP contribution in [0.15, 0.2) is 85.1 Å². The van der Waals surface area contributed by atoms with Gasteiger partial charge in [0.15, 0.2) is 12.1 Å². The molecule has 0 aromatic rings. The molecule has 3 heterocycles. The van der Waals surface area contributed by atoms with Crippen LogP contribution in [0.1, 0.15) is 79.1 Å². The van der Waals surface area contributed by atoms with Crippen molar-refractivity contribution < 1.29 is 124 Å². The number of nitrogens with zero attached hydrogens (tertiary/aromatic N) is 2. The van der Waals surface area contributed by atoms with E-state index in [1.54, 1.807) is 80.7 Å². The number of esters is 1. The second-order valence-corrected chi connectivity index (χ2v) is 21.6. The molecule has 0 aromatic heterocycles. The van der Waals surface area contributed by atoms with Crippen molar-refractivity contribution in [1.29, 1.82) is 0 Å². The van der Waals surface area contributed by atoms with Crippen molar-refractivity contribution in [3.05, 3.63) is 85.1 Å². The molecule has 28 heteroatoms. The molecule has 19 atom stereocenters. The summed E-state index contributed by atoms with van der Waals surface area (Å²) in [6, 6.07) is -1.15. The molecule has 2 fully saturated rings. The van der Waals surface area contributed by atoms with Crippen molar-refractivity contribution in [2.45, 2.75) is 177 Å². The second-order valence-electron chi connectivity index (χ2n) is 21.6. The Labute approximate surface area is 493 Å². The number of hydrogen-bond donors (Lipinski definition) is 16. The van der Waals surface area contributed by atoms with E-state index in [4.69, 9.17) is 45.1 Å². The Balaban J connectivity index is 0.00000104. The minimum Gasteiger partial charge on any atom is -0.481 e. The highest BCUT2D eigenvalue weighted by Crippen LogP contribution is 2.38. The summed E-state index contributed by atoms with van der Waals surface area (Å²) < 4.78 is 23.1. The van der Waals surface area contributed by atoms with Gasteiger partial charge in [-0.1, -0.05) is 98.9 Å². The normalized spacial score (nSPS) is 37.3. The molecule has 28 nitrogen and oxygen atoms in total. The van der Waals surface area contributed by atoms with E-state index >= 15 is 0 Å². The summed E-state index contributed by atoms with van der Waals surface area (Å²) in [4.78, 5) is 69.4. The van der Waals surface area contributed by atoms with Crippen LogP contribution in [0.5, 0.6) is 0 Å². The maximum Gasteiger partial charge on any atom is 0.317 e. The van der Waals surface area contributed by atoms with Crippen LogP contribution in [0.3, 0.4) is 0 Å². The van der Waals surface area contributed by atoms with Gasteiger partial charge in [0.2, 0.25) is 0 Å². The van der Waals surface area contributed by atoms with Gasteiger partial charge in [0.05, 0.1) is 106 Å². The maximum absolute atomic E-state index is 12.6. The molecule has 0 amide bonds. The minimum atomic E-state index is -2.33. The Hall–Kier alpha value is -5.64. The summed E-state index contributed by atoms with van der Waals surface area (Å²) in [5, 5.41) is 153. The van der Waals surface area contributed by atoms with Crippen LogP contribution in [-0.4, -0.2) is 259 Å². The van der Waals surface area contributed by atoms with Gasteiger partial charge in [0, 0.05) is 50.6 Å². The van der Waals surface area contributed by atoms with Gasteiger partial charge in [0.1, 0.15) is 18.1 Å². The first kappa shape index (κ1) is 75.5. The van der Waals surface area contributed by atoms with Crippen molar-refractivity contribution >= 4 is 35.8 Å². The molecular formula is C57H89N3O25. The molecule has 0 radical (unpaired) electrons. The predicted molar refractivity (Wildman–Crippen MR) is 300 cm³/mol. The first-order valence-corrected chi connectivity index (χ1v) is 27.8. The summed E-state index contributed by atoms with van der Waals surface area (Å²) in [6.07, 6.45) is 3.46. The molecule has 3 aliphatic rings. The van der Waals surface area contributed by atoms with Crippen LogP contribution >= 0.6 is 0 Å². The lowest BCUT2D eigenvalue weighted by Crippen LogP contribution is -2.61. The fourth-order valence-electron chi connectivity index (χ4n) is 9.45. The molecule has 3 rings (SSSR count). The summed E-state index contributed by atoms with van der Waals surface area (Å²) in [5.41, 5.74) is 6.02. The first-order chi connectivity index (χ1) is 39.8. The van der Waals surface area contributed by atoms with Crippen molar-refractivity contribution in [2.24, 2.45) is 23.5 Å². The average Bonchev–Trinajstić information content (AvgIpc) is 2.44. The fraction of sp³-hybridized carbons (Fsp3) is 0.649. The summed E-state index contributed by atoms with van der Waals surface area (Å²) in [5.74, 6) is -11.7. The van der Waals surface area contributed by atoms with Crippen LogP contribution in [0.2, 0.25) is 0 Å². The van der Waals surface area contributed by atoms with Gasteiger partial charge in [-0.25, -0.2) is 0 Å². The maximum atomic E-state index is 12.6. The van der Waals surface area contributed by atoms with E-state index in [9.17, 15) is 84.9 Å². The monoisotopic (exact) mass is 1220 g/mol. The SMILES string of the molecule is C[C@@H]1[C@H](O)[C@@H](C)/C=C/C=C/C=C/C=C/C=C/C=C/C=C/[C@H](O[C@@H]2O[C@H](C)[C@@H](O)[C@H](N)[C@@H]2O)C[C@@H]2O[C@](O)(C[C@@H](O)C[C@@H](O)[C@H](O)CC[C@@H](O)C[C@@H](O)CC(=O)O[C@H]1C)C[C@H](O)[C@H]2C(=O)O.O=C(O)CN(CCN(CC(=O)O)CC(=O)O)CC(=O)O. The number of carboxylic acid groups (broad SMARTS) is 5. The average molecular weight is 1220 g/mol. The molecule has 482 valence electrons. The molecule has 17 N–H and O–H groups in total. The van der Waals surface area contributed by atoms with E-state index in [0.717, 1.165) is 9.80 Å². The van der Waals surface area contributed by atoms with Gasteiger partial charge in [-0.15, -0.1) is 0 Å². The number of hydrogen-bond acceptors (Lipinski definition) is 23. The smallest absolute Gasteiger partial charge is 0.317 e. The molecule has 0 aliphatic carbocycles. The number of aliphatic carboxylic acids is 5. The van der Waals surface area contributed by atoms with Gasteiger partial charge in [-0.2, -0.15) is 0 Å². The number of aliphatic hydroxyl groups is 10. The highest BCUT2D eigenvalue weighted by molar-refractivity contribution is 5.74. The Morgan fingerprint density at radius 1 is 0.576 bits per heavy atom. The number of cyclic esters (lactones) is 1. The Kier molecular flexibility index (Phi) is 34.2. The van der Waals surface area contributed by atoms with Gasteiger partial charge >= 0.3 is 35.8 Å². The molecule has 2 saturated heterocycles. The summed E-state index contributed by atoms with van der Waals surface area (Å²) >= 11 is 0. The van der Waals surface area contributed by atoms with Gasteiger partial charge in [0.25, 0.3) is 0 Å². The Morgan fingerprint density at radius 3 is 1.54 bits per heavy atom. The van der Waals surface area contributed by atoms with Crippen LogP contribution < -0.4 is 5.73 Å². The van der Waals surface area contributed by atoms with Crippen molar-refractivity contribution in [3.8, 4) is 0 Å². The number of rotatable bonds is 14. The Morgan fingerprint density at radius 2 is 1.06 bits per heavy atom. The third kappa shape index (κ3) is 29.5. The summed E-state index contributed by atoms with van der Waals surface area (Å²) in [6.45, 7) is 4.49. The number of aliphatic hydroxyl groups excluding tert-OH is 9. The number of nitrogens with two attached hydrogens (primary N) is 1. The summed E-state index contributed by atoms with van der Waals surface area (Å²) in [7, 11) is 0. The standard InChI is InChI=1S/C47H73NO17.C10H16N2O8/c1-27-17-15-13-11-9-7-5-6-8-10-12-14-16-18-34(64-46-44(58)41(48)43(57)30(4)63-46)24-38-40(45(59)60)37(54)26-47(61,65-38)25-33(51)22-36(53)35(52)20-19-31(49)21-32(50)23-39(55)62-29(3)28(2)42(27)56;13-7(14)3-11(4-8(15)16)1-2-12(5-9(17)18)6-10(19)20/h5-18,27-38,40-44,46,49-54,56-58,61H,19-26,48H2,1-4H3,(H,59,60);1-6H2,(H,13,14)(H,15,16)(H,17,18)(H,19,20)/b6-5+,9-7+,10-8+,13-11+,14-12+,17-15+,18-16+;/t27-,28-,29-,30+,31+,32+,33-,34-,35+,36+,37-,38-,40+,41-,42+,43+,44-,46-,47+;/m0./s1. The number of carboxylic acids is 5. The van der Waals surface area contributed by atoms with E-state index in [1.807, 2.05) is 19.1 Å². The second kappa shape index (κ2) is 38.5. The van der Waals surface area contributed by atoms with Gasteiger partial charge in [-0.05, 0) is 33.1 Å². The molecular weight excluding hydrogens is 1130 g/mol. The van der Waals surface area contributed by atoms with E-state index in [0.29, 0.717) is 0 Å².